The highest BCUT2D eigenvalue weighted by atomic mass is 16.6. The quantitative estimate of drug-likeness (QED) is 0.628. The molecule has 132 valence electrons. The van der Waals surface area contributed by atoms with Crippen molar-refractivity contribution in [3.8, 4) is 17.7 Å². The van der Waals surface area contributed by atoms with E-state index in [9.17, 15) is 4.79 Å². The number of rotatable bonds is 1. The molecule has 3 aromatic heterocycles. The van der Waals surface area contributed by atoms with Crippen molar-refractivity contribution in [2.45, 2.75) is 26.4 Å². The number of carbonyl (C=O) groups excluding carboxylic acids is 1. The van der Waals surface area contributed by atoms with Crippen LogP contribution >= 0.6 is 0 Å². The molecular weight excluding hydrogens is 332 g/mol. The van der Waals surface area contributed by atoms with Crippen LogP contribution in [0.1, 0.15) is 32.0 Å². The molecule has 3 heterocycles. The van der Waals surface area contributed by atoms with Gasteiger partial charge in [-0.2, -0.15) is 0 Å². The third kappa shape index (κ3) is 3.98. The summed E-state index contributed by atoms with van der Waals surface area (Å²) in [6, 6.07) is 5.21. The number of methoxy groups -OCH3 is 1. The van der Waals surface area contributed by atoms with E-state index in [-0.39, 0.29) is 0 Å². The first-order valence-electron chi connectivity index (χ1n) is 7.95. The van der Waals surface area contributed by atoms with E-state index < -0.39 is 11.7 Å². The first kappa shape index (κ1) is 17.4. The fourth-order valence-corrected chi connectivity index (χ4v) is 2.16. The molecule has 0 saturated heterocycles. The minimum atomic E-state index is -0.585. The zero-order valence-electron chi connectivity index (χ0n) is 15.0. The summed E-state index contributed by atoms with van der Waals surface area (Å²) in [5, 5.41) is 0. The van der Waals surface area contributed by atoms with Crippen molar-refractivity contribution in [1.82, 2.24) is 19.5 Å². The molecule has 0 aromatic carbocycles. The number of pyridine rings is 1. The number of carbonyl (C=O) groups is 1. The third-order valence-electron chi connectivity index (χ3n) is 3.26. The molecule has 0 aliphatic carbocycles. The molecule has 3 aromatic rings. The molecule has 7 heteroatoms. The van der Waals surface area contributed by atoms with Crippen LogP contribution in [0.3, 0.4) is 0 Å². The molecule has 0 saturated carbocycles. The SMILES string of the molecule is COc1cc(C#Cc2cnc3c(ccn3C(=O)OC(C)(C)C)n2)ccn1. The first-order chi connectivity index (χ1) is 12.4. The van der Waals surface area contributed by atoms with Gasteiger partial charge in [-0.3, -0.25) is 0 Å². The fraction of sp³-hybridized carbons (Fsp3) is 0.263. The van der Waals surface area contributed by atoms with Crippen LogP contribution in [0, 0.1) is 11.8 Å². The zero-order chi connectivity index (χ0) is 18.7. The molecule has 0 spiro atoms. The second-order valence-electron chi connectivity index (χ2n) is 6.47. The van der Waals surface area contributed by atoms with Gasteiger partial charge in [0, 0.05) is 24.0 Å². The molecule has 0 N–H and O–H groups in total. The number of hydrogen-bond donors (Lipinski definition) is 0. The van der Waals surface area contributed by atoms with Gasteiger partial charge in [0.15, 0.2) is 5.65 Å². The summed E-state index contributed by atoms with van der Waals surface area (Å²) in [6.45, 7) is 5.43. The minimum absolute atomic E-state index is 0.426. The molecule has 0 unspecified atom stereocenters. The predicted molar refractivity (Wildman–Crippen MR) is 95.9 cm³/mol. The summed E-state index contributed by atoms with van der Waals surface area (Å²) >= 11 is 0. The molecule has 3 rings (SSSR count). The molecule has 0 fully saturated rings. The lowest BCUT2D eigenvalue weighted by Crippen LogP contribution is -2.26. The highest BCUT2D eigenvalue weighted by Gasteiger charge is 2.19. The van der Waals surface area contributed by atoms with Crippen molar-refractivity contribution in [1.29, 1.82) is 0 Å². The maximum Gasteiger partial charge on any atom is 0.420 e. The van der Waals surface area contributed by atoms with Crippen molar-refractivity contribution < 1.29 is 14.3 Å². The average Bonchev–Trinajstić information content (AvgIpc) is 3.02. The van der Waals surface area contributed by atoms with Crippen LogP contribution in [0.4, 0.5) is 4.79 Å². The average molecular weight is 350 g/mol. The minimum Gasteiger partial charge on any atom is -0.481 e. The van der Waals surface area contributed by atoms with E-state index in [1.165, 1.54) is 10.8 Å². The van der Waals surface area contributed by atoms with E-state index in [0.29, 0.717) is 22.7 Å². The summed E-state index contributed by atoms with van der Waals surface area (Å²) in [4.78, 5) is 25.0. The van der Waals surface area contributed by atoms with E-state index in [1.807, 2.05) is 20.8 Å². The van der Waals surface area contributed by atoms with E-state index in [2.05, 4.69) is 26.8 Å². The molecule has 0 amide bonds. The smallest absolute Gasteiger partial charge is 0.420 e. The van der Waals surface area contributed by atoms with Crippen LogP contribution in [0.5, 0.6) is 5.88 Å². The van der Waals surface area contributed by atoms with E-state index in [4.69, 9.17) is 9.47 Å². The number of nitrogens with zero attached hydrogens (tertiary/aromatic N) is 4. The Hall–Kier alpha value is -3.40. The summed E-state index contributed by atoms with van der Waals surface area (Å²) in [5.41, 5.74) is 1.66. The van der Waals surface area contributed by atoms with Crippen LogP contribution in [0.15, 0.2) is 36.8 Å². The lowest BCUT2D eigenvalue weighted by Gasteiger charge is -2.19. The monoisotopic (exact) mass is 350 g/mol. The van der Waals surface area contributed by atoms with Gasteiger partial charge in [0.25, 0.3) is 0 Å². The molecule has 0 aliphatic heterocycles. The summed E-state index contributed by atoms with van der Waals surface area (Å²) in [7, 11) is 1.55. The molecular formula is C19H18N4O3. The highest BCUT2D eigenvalue weighted by Crippen LogP contribution is 2.15. The van der Waals surface area contributed by atoms with Crippen molar-refractivity contribution in [3.63, 3.8) is 0 Å². The zero-order valence-corrected chi connectivity index (χ0v) is 15.0. The van der Waals surface area contributed by atoms with Gasteiger partial charge >= 0.3 is 6.09 Å². The summed E-state index contributed by atoms with van der Waals surface area (Å²) in [5.74, 6) is 6.43. The van der Waals surface area contributed by atoms with Gasteiger partial charge in [-0.1, -0.05) is 5.92 Å². The second kappa shape index (κ2) is 6.84. The van der Waals surface area contributed by atoms with Gasteiger partial charge in [0.2, 0.25) is 5.88 Å². The number of ether oxygens (including phenoxy) is 2. The Morgan fingerprint density at radius 1 is 1.19 bits per heavy atom. The molecule has 0 aliphatic rings. The van der Waals surface area contributed by atoms with Gasteiger partial charge in [-0.15, -0.1) is 0 Å². The third-order valence-corrected chi connectivity index (χ3v) is 3.26. The van der Waals surface area contributed by atoms with E-state index >= 15 is 0 Å². The lowest BCUT2D eigenvalue weighted by atomic mass is 10.2. The molecule has 0 atom stereocenters. The number of hydrogen-bond acceptors (Lipinski definition) is 6. The van der Waals surface area contributed by atoms with Crippen molar-refractivity contribution >= 4 is 17.3 Å². The Labute approximate surface area is 151 Å². The highest BCUT2D eigenvalue weighted by molar-refractivity contribution is 5.84. The van der Waals surface area contributed by atoms with Crippen molar-refractivity contribution in [3.05, 3.63) is 48.0 Å². The van der Waals surface area contributed by atoms with Crippen LogP contribution in [-0.2, 0) is 4.74 Å². The predicted octanol–water partition coefficient (Wildman–Crippen LogP) is 3.02. The number of fused-ring (bicyclic) bond motifs is 1. The topological polar surface area (TPSA) is 79.1 Å². The van der Waals surface area contributed by atoms with Gasteiger partial charge in [-0.25, -0.2) is 24.3 Å². The normalized spacial score (nSPS) is 10.9. The Morgan fingerprint density at radius 2 is 2.00 bits per heavy atom. The standard InChI is InChI=1S/C19H18N4O3/c1-19(2,3)26-18(24)23-10-8-15-17(23)21-12-14(22-15)6-5-13-7-9-20-16(11-13)25-4/h7-12H,1-4H3. The Balaban J connectivity index is 1.87. The first-order valence-corrected chi connectivity index (χ1v) is 7.95. The molecule has 0 bridgehead atoms. The van der Waals surface area contributed by atoms with Crippen LogP contribution < -0.4 is 4.74 Å². The Morgan fingerprint density at radius 3 is 2.73 bits per heavy atom. The maximum atomic E-state index is 12.2. The van der Waals surface area contributed by atoms with E-state index in [0.717, 1.165) is 5.56 Å². The van der Waals surface area contributed by atoms with Gasteiger partial charge < -0.3 is 9.47 Å². The van der Waals surface area contributed by atoms with Crippen molar-refractivity contribution in [2.24, 2.45) is 0 Å². The van der Waals surface area contributed by atoms with Crippen LogP contribution in [-0.4, -0.2) is 38.3 Å². The van der Waals surface area contributed by atoms with Crippen LogP contribution in [0.25, 0.3) is 11.2 Å². The van der Waals surface area contributed by atoms with E-state index in [1.54, 1.807) is 37.7 Å². The van der Waals surface area contributed by atoms with Crippen LogP contribution in [0.2, 0.25) is 0 Å². The summed E-state index contributed by atoms with van der Waals surface area (Å²) < 4.78 is 11.8. The van der Waals surface area contributed by atoms with Crippen molar-refractivity contribution in [2.75, 3.05) is 7.11 Å². The Bertz CT molecular complexity index is 1020. The molecule has 0 radical (unpaired) electrons. The van der Waals surface area contributed by atoms with Gasteiger partial charge in [0.1, 0.15) is 16.8 Å². The molecule has 7 nitrogen and oxygen atoms in total. The lowest BCUT2D eigenvalue weighted by molar-refractivity contribution is 0.0543. The van der Waals surface area contributed by atoms with Gasteiger partial charge in [0.05, 0.1) is 13.3 Å². The fourth-order valence-electron chi connectivity index (χ4n) is 2.16. The second-order valence-corrected chi connectivity index (χ2v) is 6.47. The van der Waals surface area contributed by atoms with Gasteiger partial charge in [-0.05, 0) is 38.8 Å². The largest absolute Gasteiger partial charge is 0.481 e. The summed E-state index contributed by atoms with van der Waals surface area (Å²) in [6.07, 6.45) is 4.24. The maximum absolute atomic E-state index is 12.2. The molecule has 26 heavy (non-hydrogen) atoms. The number of aromatic nitrogens is 4. The Kier molecular flexibility index (Phi) is 4.59.